The first-order chi connectivity index (χ1) is 16.8. The molecule has 5 nitrogen and oxygen atoms in total. The third-order valence-corrected chi connectivity index (χ3v) is 6.21. The van der Waals surface area contributed by atoms with Gasteiger partial charge in [-0.05, 0) is 47.7 Å². The van der Waals surface area contributed by atoms with Gasteiger partial charge in [-0.3, -0.25) is 9.69 Å². The van der Waals surface area contributed by atoms with Crippen molar-refractivity contribution in [3.63, 3.8) is 0 Å². The first-order valence-corrected chi connectivity index (χ1v) is 11.3. The van der Waals surface area contributed by atoms with Crippen LogP contribution >= 0.6 is 0 Å². The Morgan fingerprint density at radius 3 is 2.46 bits per heavy atom. The largest absolute Gasteiger partial charge is 0.493 e. The van der Waals surface area contributed by atoms with E-state index in [1.54, 1.807) is 23.1 Å². The molecule has 1 fully saturated rings. The van der Waals surface area contributed by atoms with Gasteiger partial charge in [-0.25, -0.2) is 0 Å². The number of carbonyl (C=O) groups is 1. The summed E-state index contributed by atoms with van der Waals surface area (Å²) in [4.78, 5) is 13.6. The van der Waals surface area contributed by atoms with E-state index < -0.39 is 29.8 Å². The fourth-order valence-corrected chi connectivity index (χ4v) is 4.62. The molecule has 1 saturated heterocycles. The Bertz CT molecular complexity index is 1170. The number of benzene rings is 3. The predicted molar refractivity (Wildman–Crippen MR) is 124 cm³/mol. The van der Waals surface area contributed by atoms with Crippen LogP contribution in [0.15, 0.2) is 72.8 Å². The van der Waals surface area contributed by atoms with Crippen molar-refractivity contribution in [2.45, 2.75) is 37.7 Å². The zero-order valence-electron chi connectivity index (χ0n) is 19.2. The molecule has 8 heteroatoms. The molecule has 0 radical (unpaired) electrons. The standard InChI is InChI=1S/C27H26F3NO4/c1-34-24-16-19(13-14-23(24)35-17-18-8-3-2-4-9-18)25(31-15-7-12-22(31)26(32)33)20-10-5-6-11-21(20)27(28,29)30/h2-6,8-11,13-14,16,22,25H,7,12,15,17H2,1H3,(H,32,33). The van der Waals surface area contributed by atoms with Gasteiger partial charge in [-0.15, -0.1) is 0 Å². The van der Waals surface area contributed by atoms with E-state index in [4.69, 9.17) is 9.47 Å². The molecular formula is C27H26F3NO4. The normalized spacial score (nSPS) is 17.2. The average molecular weight is 486 g/mol. The number of ether oxygens (including phenoxy) is 2. The van der Waals surface area contributed by atoms with Gasteiger partial charge >= 0.3 is 12.1 Å². The number of carboxylic acid groups (broad SMARTS) is 1. The van der Waals surface area contributed by atoms with Crippen LogP contribution in [0, 0.1) is 0 Å². The molecule has 1 heterocycles. The van der Waals surface area contributed by atoms with Crippen molar-refractivity contribution in [1.29, 1.82) is 0 Å². The highest BCUT2D eigenvalue weighted by atomic mass is 19.4. The van der Waals surface area contributed by atoms with Crippen LogP contribution in [-0.4, -0.2) is 35.7 Å². The summed E-state index contributed by atoms with van der Waals surface area (Å²) in [5, 5.41) is 9.77. The first kappa shape index (κ1) is 24.6. The number of hydrogen-bond acceptors (Lipinski definition) is 4. The molecule has 0 amide bonds. The van der Waals surface area contributed by atoms with E-state index in [9.17, 15) is 23.1 Å². The molecule has 1 aliphatic rings. The van der Waals surface area contributed by atoms with Gasteiger partial charge in [-0.2, -0.15) is 13.2 Å². The number of halogens is 3. The van der Waals surface area contributed by atoms with Crippen LogP contribution in [-0.2, 0) is 17.6 Å². The molecule has 2 unspecified atom stereocenters. The van der Waals surface area contributed by atoms with Crippen LogP contribution in [0.1, 0.15) is 41.1 Å². The molecule has 1 aliphatic heterocycles. The number of carboxylic acids is 1. The number of rotatable bonds is 8. The lowest BCUT2D eigenvalue weighted by atomic mass is 9.92. The topological polar surface area (TPSA) is 59.0 Å². The average Bonchev–Trinajstić information content (AvgIpc) is 3.33. The van der Waals surface area contributed by atoms with Gasteiger partial charge in [0.2, 0.25) is 0 Å². The maximum absolute atomic E-state index is 14.0. The minimum Gasteiger partial charge on any atom is -0.493 e. The molecular weight excluding hydrogens is 459 g/mol. The number of aliphatic carboxylic acids is 1. The number of methoxy groups -OCH3 is 1. The molecule has 0 aromatic heterocycles. The Morgan fingerprint density at radius 1 is 1.06 bits per heavy atom. The van der Waals surface area contributed by atoms with E-state index in [1.165, 1.54) is 25.3 Å². The number of alkyl halides is 3. The third-order valence-electron chi connectivity index (χ3n) is 6.21. The SMILES string of the molecule is COc1cc(C(c2ccccc2C(F)(F)F)N2CCCC2C(=O)O)ccc1OCc1ccccc1. The summed E-state index contributed by atoms with van der Waals surface area (Å²) in [6, 6.07) is 18.0. The second-order valence-corrected chi connectivity index (χ2v) is 8.41. The number of hydrogen-bond donors (Lipinski definition) is 1. The third kappa shape index (κ3) is 5.43. The summed E-state index contributed by atoms with van der Waals surface area (Å²) >= 11 is 0. The molecule has 3 aromatic rings. The van der Waals surface area contributed by atoms with E-state index in [0.717, 1.165) is 11.6 Å². The van der Waals surface area contributed by atoms with Crippen molar-refractivity contribution in [1.82, 2.24) is 4.90 Å². The van der Waals surface area contributed by atoms with E-state index in [2.05, 4.69) is 0 Å². The zero-order chi connectivity index (χ0) is 25.0. The minimum absolute atomic E-state index is 0.00755. The monoisotopic (exact) mass is 485 g/mol. The smallest absolute Gasteiger partial charge is 0.416 e. The Morgan fingerprint density at radius 2 is 1.77 bits per heavy atom. The van der Waals surface area contributed by atoms with Crippen molar-refractivity contribution in [2.75, 3.05) is 13.7 Å². The van der Waals surface area contributed by atoms with Crippen LogP contribution in [0.5, 0.6) is 11.5 Å². The maximum atomic E-state index is 14.0. The molecule has 2 atom stereocenters. The van der Waals surface area contributed by atoms with Crippen LogP contribution in [0.4, 0.5) is 13.2 Å². The quantitative estimate of drug-likeness (QED) is 0.429. The van der Waals surface area contributed by atoms with Crippen LogP contribution in [0.25, 0.3) is 0 Å². The Kier molecular flexibility index (Phi) is 7.31. The van der Waals surface area contributed by atoms with Crippen LogP contribution < -0.4 is 9.47 Å². The molecule has 3 aromatic carbocycles. The molecule has 1 N–H and O–H groups in total. The van der Waals surface area contributed by atoms with Crippen molar-refractivity contribution in [3.8, 4) is 11.5 Å². The molecule has 4 rings (SSSR count). The molecule has 0 saturated carbocycles. The van der Waals surface area contributed by atoms with Crippen molar-refractivity contribution < 1.29 is 32.5 Å². The van der Waals surface area contributed by atoms with Crippen molar-refractivity contribution >= 4 is 5.97 Å². The van der Waals surface area contributed by atoms with Gasteiger partial charge in [0, 0.05) is 6.54 Å². The second-order valence-electron chi connectivity index (χ2n) is 8.41. The summed E-state index contributed by atoms with van der Waals surface area (Å²) < 4.78 is 53.3. The Hall–Kier alpha value is -3.52. The lowest BCUT2D eigenvalue weighted by molar-refractivity contribution is -0.143. The van der Waals surface area contributed by atoms with Gasteiger partial charge in [-0.1, -0.05) is 54.6 Å². The number of nitrogens with zero attached hydrogens (tertiary/aromatic N) is 1. The zero-order valence-corrected chi connectivity index (χ0v) is 19.2. The van der Waals surface area contributed by atoms with Gasteiger partial charge in [0.15, 0.2) is 11.5 Å². The summed E-state index contributed by atoms with van der Waals surface area (Å²) in [6.45, 7) is 0.659. The molecule has 35 heavy (non-hydrogen) atoms. The maximum Gasteiger partial charge on any atom is 0.416 e. The number of likely N-dealkylation sites (tertiary alicyclic amines) is 1. The van der Waals surface area contributed by atoms with Gasteiger partial charge in [0.05, 0.1) is 18.7 Å². The second kappa shape index (κ2) is 10.4. The van der Waals surface area contributed by atoms with E-state index in [-0.39, 0.29) is 5.56 Å². The summed E-state index contributed by atoms with van der Waals surface area (Å²) in [7, 11) is 1.46. The molecule has 184 valence electrons. The fraction of sp³-hybridized carbons (Fsp3) is 0.296. The van der Waals surface area contributed by atoms with E-state index in [0.29, 0.717) is 43.1 Å². The predicted octanol–water partition coefficient (Wildman–Crippen LogP) is 5.93. The summed E-state index contributed by atoms with van der Waals surface area (Å²) in [5.74, 6) is -0.245. The molecule has 0 spiro atoms. The molecule has 0 aliphatic carbocycles. The lowest BCUT2D eigenvalue weighted by Gasteiger charge is -2.33. The van der Waals surface area contributed by atoms with Crippen LogP contribution in [0.2, 0.25) is 0 Å². The van der Waals surface area contributed by atoms with Gasteiger partial charge in [0.25, 0.3) is 0 Å². The highest BCUT2D eigenvalue weighted by Gasteiger charge is 2.41. The fourth-order valence-electron chi connectivity index (χ4n) is 4.62. The summed E-state index contributed by atoms with van der Waals surface area (Å²) in [5.41, 5.74) is 0.674. The lowest BCUT2D eigenvalue weighted by Crippen LogP contribution is -2.39. The first-order valence-electron chi connectivity index (χ1n) is 11.3. The van der Waals surface area contributed by atoms with Crippen molar-refractivity contribution in [3.05, 3.63) is 95.1 Å². The van der Waals surface area contributed by atoms with Crippen LogP contribution in [0.3, 0.4) is 0 Å². The summed E-state index contributed by atoms with van der Waals surface area (Å²) in [6.07, 6.45) is -3.64. The van der Waals surface area contributed by atoms with E-state index in [1.807, 2.05) is 30.3 Å². The van der Waals surface area contributed by atoms with E-state index >= 15 is 0 Å². The minimum atomic E-state index is -4.59. The Labute approximate surface area is 201 Å². The Balaban J connectivity index is 1.76. The molecule has 0 bridgehead atoms. The van der Waals surface area contributed by atoms with Crippen molar-refractivity contribution in [2.24, 2.45) is 0 Å². The highest BCUT2D eigenvalue weighted by molar-refractivity contribution is 5.74. The van der Waals surface area contributed by atoms with Gasteiger partial charge in [0.1, 0.15) is 12.6 Å². The highest BCUT2D eigenvalue weighted by Crippen LogP contribution is 2.43. The van der Waals surface area contributed by atoms with Gasteiger partial charge < -0.3 is 14.6 Å².